The second kappa shape index (κ2) is 2.48. The molecule has 1 aromatic rings. The molecule has 2 rings (SSSR count). The number of benzene rings is 1. The van der Waals surface area contributed by atoms with Crippen molar-refractivity contribution in [3.8, 4) is 0 Å². The zero-order valence-electron chi connectivity index (χ0n) is 6.39. The molecule has 0 amide bonds. The van der Waals surface area contributed by atoms with Gasteiger partial charge in [0, 0.05) is 11.6 Å². The Morgan fingerprint density at radius 3 is 3.17 bits per heavy atom. The van der Waals surface area contributed by atoms with Crippen molar-refractivity contribution in [2.45, 2.75) is 6.54 Å². The Bertz CT molecular complexity index is 346. The molecule has 0 saturated carbocycles. The van der Waals surface area contributed by atoms with Gasteiger partial charge in [-0.2, -0.15) is 0 Å². The molecule has 0 aliphatic carbocycles. The SMILES string of the molecule is NC1=[NH+]Cc2ccc(F)cc2N1. The summed E-state index contributed by atoms with van der Waals surface area (Å²) < 4.78 is 12.7. The predicted octanol–water partition coefficient (Wildman–Crippen LogP) is -0.854. The summed E-state index contributed by atoms with van der Waals surface area (Å²) in [5.41, 5.74) is 7.23. The van der Waals surface area contributed by atoms with Gasteiger partial charge in [0.25, 0.3) is 0 Å². The van der Waals surface area contributed by atoms with Crippen LogP contribution in [0.1, 0.15) is 5.56 Å². The predicted molar refractivity (Wildman–Crippen MR) is 43.9 cm³/mol. The molecule has 1 aromatic carbocycles. The van der Waals surface area contributed by atoms with Crippen LogP contribution < -0.4 is 16.0 Å². The minimum absolute atomic E-state index is 0.254. The monoisotopic (exact) mass is 166 g/mol. The lowest BCUT2D eigenvalue weighted by Crippen LogP contribution is -2.77. The third-order valence-electron chi connectivity index (χ3n) is 1.81. The highest BCUT2D eigenvalue weighted by Gasteiger charge is 2.13. The Balaban J connectivity index is 2.43. The van der Waals surface area contributed by atoms with Crippen LogP contribution in [0.15, 0.2) is 18.2 Å². The summed E-state index contributed by atoms with van der Waals surface area (Å²) >= 11 is 0. The third kappa shape index (κ3) is 1.11. The van der Waals surface area contributed by atoms with Crippen molar-refractivity contribution in [1.29, 1.82) is 0 Å². The number of nitrogens with two attached hydrogens (primary N) is 1. The van der Waals surface area contributed by atoms with Gasteiger partial charge in [-0.25, -0.2) is 9.71 Å². The van der Waals surface area contributed by atoms with Gasteiger partial charge < -0.3 is 0 Å². The number of guanidine groups is 1. The van der Waals surface area contributed by atoms with E-state index in [1.165, 1.54) is 12.1 Å². The molecule has 0 radical (unpaired) electrons. The number of fused-ring (bicyclic) bond motifs is 1. The lowest BCUT2D eigenvalue weighted by Gasteiger charge is -2.09. The molecule has 4 N–H and O–H groups in total. The second-order valence-electron chi connectivity index (χ2n) is 2.69. The van der Waals surface area contributed by atoms with Gasteiger partial charge in [-0.1, -0.05) is 0 Å². The molecule has 62 valence electrons. The maximum Gasteiger partial charge on any atom is 0.346 e. The number of anilines is 1. The molecule has 1 aliphatic rings. The van der Waals surface area contributed by atoms with Gasteiger partial charge in [-0.3, -0.25) is 10.7 Å². The zero-order valence-corrected chi connectivity index (χ0v) is 6.39. The topological polar surface area (TPSA) is 52.0 Å². The fourth-order valence-corrected chi connectivity index (χ4v) is 1.20. The largest absolute Gasteiger partial charge is 0.346 e. The van der Waals surface area contributed by atoms with Crippen molar-refractivity contribution in [1.82, 2.24) is 0 Å². The highest BCUT2D eigenvalue weighted by atomic mass is 19.1. The van der Waals surface area contributed by atoms with Crippen molar-refractivity contribution < 1.29 is 9.38 Å². The van der Waals surface area contributed by atoms with Crippen molar-refractivity contribution >= 4 is 11.6 Å². The molecular weight excluding hydrogens is 157 g/mol. The number of rotatable bonds is 0. The van der Waals surface area contributed by atoms with Crippen LogP contribution in [0.2, 0.25) is 0 Å². The Morgan fingerprint density at radius 2 is 2.33 bits per heavy atom. The zero-order chi connectivity index (χ0) is 8.55. The van der Waals surface area contributed by atoms with E-state index in [1.54, 1.807) is 6.07 Å². The van der Waals surface area contributed by atoms with Gasteiger partial charge in [0.1, 0.15) is 11.5 Å². The fraction of sp³-hybridized carbons (Fsp3) is 0.125. The van der Waals surface area contributed by atoms with E-state index in [0.717, 1.165) is 11.3 Å². The van der Waals surface area contributed by atoms with Crippen LogP contribution in [0.3, 0.4) is 0 Å². The first-order chi connectivity index (χ1) is 5.75. The minimum Gasteiger partial charge on any atom is -0.291 e. The Labute approximate surface area is 69.1 Å². The van der Waals surface area contributed by atoms with E-state index in [9.17, 15) is 4.39 Å². The summed E-state index contributed by atoms with van der Waals surface area (Å²) in [6, 6.07) is 4.60. The first-order valence-corrected chi connectivity index (χ1v) is 3.67. The van der Waals surface area contributed by atoms with E-state index in [2.05, 4.69) is 10.3 Å². The first kappa shape index (κ1) is 7.09. The number of hydrogen-bond acceptors (Lipinski definition) is 2. The van der Waals surface area contributed by atoms with Crippen LogP contribution in [0.25, 0.3) is 0 Å². The molecule has 1 aliphatic heterocycles. The van der Waals surface area contributed by atoms with Crippen LogP contribution in [0.4, 0.5) is 10.1 Å². The van der Waals surface area contributed by atoms with Crippen LogP contribution in [0.5, 0.6) is 0 Å². The van der Waals surface area contributed by atoms with Crippen molar-refractivity contribution in [3.05, 3.63) is 29.6 Å². The smallest absolute Gasteiger partial charge is 0.291 e. The highest BCUT2D eigenvalue weighted by Crippen LogP contribution is 2.16. The first-order valence-electron chi connectivity index (χ1n) is 3.67. The van der Waals surface area contributed by atoms with E-state index in [4.69, 9.17) is 5.73 Å². The maximum atomic E-state index is 12.7. The van der Waals surface area contributed by atoms with E-state index in [0.29, 0.717) is 12.5 Å². The Kier molecular flexibility index (Phi) is 1.46. The Hall–Kier alpha value is -1.58. The van der Waals surface area contributed by atoms with Crippen molar-refractivity contribution in [3.63, 3.8) is 0 Å². The van der Waals surface area contributed by atoms with Crippen molar-refractivity contribution in [2.75, 3.05) is 5.32 Å². The molecular formula is C8H9FN3+. The standard InChI is InChI=1S/C8H8FN3/c9-6-2-1-5-4-11-8(10)12-7(5)3-6/h1-3H,4H2,(H3,10,11,12)/p+1. The summed E-state index contributed by atoms with van der Waals surface area (Å²) in [7, 11) is 0. The average molecular weight is 166 g/mol. The van der Waals surface area contributed by atoms with Gasteiger partial charge in [-0.15, -0.1) is 0 Å². The Morgan fingerprint density at radius 1 is 1.50 bits per heavy atom. The quantitative estimate of drug-likeness (QED) is 0.470. The summed E-state index contributed by atoms with van der Waals surface area (Å²) in [6.45, 7) is 0.647. The highest BCUT2D eigenvalue weighted by molar-refractivity contribution is 5.89. The molecule has 12 heavy (non-hydrogen) atoms. The van der Waals surface area contributed by atoms with Gasteiger partial charge in [0.05, 0.1) is 6.54 Å². The molecule has 0 unspecified atom stereocenters. The third-order valence-corrected chi connectivity index (χ3v) is 1.81. The molecule has 0 aromatic heterocycles. The van der Waals surface area contributed by atoms with Crippen LogP contribution in [-0.2, 0) is 6.54 Å². The fourth-order valence-electron chi connectivity index (χ4n) is 1.20. The summed E-state index contributed by atoms with van der Waals surface area (Å²) in [5.74, 6) is 0.212. The van der Waals surface area contributed by atoms with E-state index < -0.39 is 0 Å². The molecule has 0 saturated heterocycles. The molecule has 0 bridgehead atoms. The molecule has 4 heteroatoms. The minimum atomic E-state index is -0.254. The van der Waals surface area contributed by atoms with Crippen LogP contribution in [0, 0.1) is 5.82 Å². The van der Waals surface area contributed by atoms with E-state index in [-0.39, 0.29) is 5.82 Å². The van der Waals surface area contributed by atoms with Gasteiger partial charge in [-0.05, 0) is 12.1 Å². The summed E-state index contributed by atoms with van der Waals surface area (Å²) in [5, 5.41) is 2.84. The normalized spacial score (nSPS) is 14.6. The van der Waals surface area contributed by atoms with Crippen LogP contribution >= 0.6 is 0 Å². The average Bonchev–Trinajstić information content (AvgIpc) is 2.03. The maximum absolute atomic E-state index is 12.7. The number of nitrogens with one attached hydrogen (secondary N) is 2. The lowest BCUT2D eigenvalue weighted by molar-refractivity contribution is -0.477. The lowest BCUT2D eigenvalue weighted by atomic mass is 10.1. The molecule has 0 fully saturated rings. The van der Waals surface area contributed by atoms with Gasteiger partial charge >= 0.3 is 5.96 Å². The molecule has 0 atom stereocenters. The molecule has 3 nitrogen and oxygen atoms in total. The summed E-state index contributed by atoms with van der Waals surface area (Å²) in [6.07, 6.45) is 0. The second-order valence-corrected chi connectivity index (χ2v) is 2.69. The summed E-state index contributed by atoms with van der Waals surface area (Å²) in [4.78, 5) is 2.92. The van der Waals surface area contributed by atoms with Gasteiger partial charge in [0.15, 0.2) is 0 Å². The van der Waals surface area contributed by atoms with E-state index in [1.807, 2.05) is 0 Å². The number of hydrogen-bond donors (Lipinski definition) is 3. The van der Waals surface area contributed by atoms with Crippen molar-refractivity contribution in [2.24, 2.45) is 5.73 Å². The van der Waals surface area contributed by atoms with Crippen LogP contribution in [-0.4, -0.2) is 5.96 Å². The number of halogens is 1. The molecule has 0 spiro atoms. The van der Waals surface area contributed by atoms with Gasteiger partial charge in [0.2, 0.25) is 0 Å². The molecule has 1 heterocycles. The van der Waals surface area contributed by atoms with E-state index >= 15 is 0 Å².